The van der Waals surface area contributed by atoms with Crippen molar-refractivity contribution >= 4 is 33.8 Å². The highest BCUT2D eigenvalue weighted by molar-refractivity contribution is 6.05. The van der Waals surface area contributed by atoms with Crippen LogP contribution >= 0.6 is 0 Å². The number of pyridine rings is 2. The van der Waals surface area contributed by atoms with Crippen molar-refractivity contribution in [1.29, 1.82) is 0 Å². The Hall–Kier alpha value is -3.58. The maximum atomic E-state index is 14.9. The average Bonchev–Trinajstić information content (AvgIpc) is 3.47. The third-order valence-electron chi connectivity index (χ3n) is 5.48. The molecule has 2 aromatic heterocycles. The number of hydrogen-bond donors (Lipinski definition) is 2. The van der Waals surface area contributed by atoms with Crippen LogP contribution in [0.2, 0.25) is 0 Å². The number of hydrazine groups is 1. The van der Waals surface area contributed by atoms with Gasteiger partial charge in [-0.05, 0) is 38.0 Å². The van der Waals surface area contributed by atoms with Crippen LogP contribution in [0.25, 0.3) is 10.8 Å². The maximum Gasteiger partial charge on any atom is 0.256 e. The molecule has 0 saturated heterocycles. The van der Waals surface area contributed by atoms with E-state index in [1.165, 1.54) is 25.4 Å². The van der Waals surface area contributed by atoms with Gasteiger partial charge in [0, 0.05) is 35.3 Å². The number of rotatable bonds is 5. The lowest BCUT2D eigenvalue weighted by Gasteiger charge is -2.27. The summed E-state index contributed by atoms with van der Waals surface area (Å²) >= 11 is 0. The van der Waals surface area contributed by atoms with Crippen molar-refractivity contribution in [3.05, 3.63) is 47.8 Å². The van der Waals surface area contributed by atoms with Crippen molar-refractivity contribution < 1.29 is 17.6 Å². The second-order valence-electron chi connectivity index (χ2n) is 8.33. The van der Waals surface area contributed by atoms with E-state index in [9.17, 15) is 17.6 Å². The van der Waals surface area contributed by atoms with Crippen LogP contribution in [0.1, 0.15) is 25.3 Å². The normalized spacial score (nSPS) is 14.2. The van der Waals surface area contributed by atoms with Crippen LogP contribution in [0.5, 0.6) is 0 Å². The molecule has 1 fully saturated rings. The first kappa shape index (κ1) is 22.6. The van der Waals surface area contributed by atoms with Gasteiger partial charge in [0.25, 0.3) is 6.43 Å². The second-order valence-corrected chi connectivity index (χ2v) is 8.33. The van der Waals surface area contributed by atoms with Gasteiger partial charge in [-0.2, -0.15) is 0 Å². The molecule has 33 heavy (non-hydrogen) atoms. The van der Waals surface area contributed by atoms with E-state index in [1.54, 1.807) is 0 Å². The van der Waals surface area contributed by atoms with Crippen molar-refractivity contribution in [3.8, 4) is 11.8 Å². The molecule has 0 spiro atoms. The van der Waals surface area contributed by atoms with Crippen LogP contribution in [0.3, 0.4) is 0 Å². The number of nitrogens with zero attached hydrogens (tertiary/aromatic N) is 4. The first-order valence-corrected chi connectivity index (χ1v) is 10.2. The predicted molar refractivity (Wildman–Crippen MR) is 120 cm³/mol. The maximum absolute atomic E-state index is 14.9. The molecular weight excluding hydrogens is 436 g/mol. The topological polar surface area (TPSA) is 84.3 Å². The number of nitrogen functional groups attached to an aromatic ring is 1. The van der Waals surface area contributed by atoms with E-state index in [4.69, 9.17) is 11.6 Å². The summed E-state index contributed by atoms with van der Waals surface area (Å²) in [4.78, 5) is 9.04. The molecule has 3 aromatic rings. The third kappa shape index (κ3) is 4.64. The van der Waals surface area contributed by atoms with Gasteiger partial charge < -0.3 is 15.6 Å². The van der Waals surface area contributed by atoms with Gasteiger partial charge in [0.1, 0.15) is 17.3 Å². The van der Waals surface area contributed by atoms with Crippen LogP contribution in [0, 0.1) is 28.9 Å². The van der Waals surface area contributed by atoms with Crippen LogP contribution < -0.4 is 21.5 Å². The molecule has 172 valence electrons. The number of halogens is 4. The molecule has 0 amide bonds. The molecule has 0 radical (unpaired) electrons. The largest absolute Gasteiger partial charge is 0.382 e. The Labute approximate surface area is 188 Å². The van der Waals surface area contributed by atoms with E-state index in [2.05, 4.69) is 21.8 Å². The lowest BCUT2D eigenvalue weighted by atomic mass is 10.1. The van der Waals surface area contributed by atoms with Crippen LogP contribution in [0.15, 0.2) is 30.6 Å². The Morgan fingerprint density at radius 2 is 1.91 bits per heavy atom. The van der Waals surface area contributed by atoms with Gasteiger partial charge in [-0.3, -0.25) is 4.98 Å². The summed E-state index contributed by atoms with van der Waals surface area (Å²) in [5.41, 5.74) is 6.48. The standard InChI is InChI=1S/C23H22F4N6/c1-23(5-6-23)4-3-13-7-14(24)9-15(8-13)33(12-18(26)27)22-19-16(10-30-11-17(19)25)20(32(2)29)21(28)31-22/h7-11,18H,5-6,12,29H2,1-2H3,(H2,28,31). The number of benzene rings is 1. The molecular formula is C23H22F4N6. The minimum Gasteiger partial charge on any atom is -0.382 e. The average molecular weight is 458 g/mol. The van der Waals surface area contributed by atoms with Gasteiger partial charge in [0.05, 0.1) is 18.1 Å². The molecule has 1 aliphatic rings. The molecule has 1 saturated carbocycles. The molecule has 10 heteroatoms. The Morgan fingerprint density at radius 3 is 2.55 bits per heavy atom. The van der Waals surface area contributed by atoms with Gasteiger partial charge in [-0.15, -0.1) is 0 Å². The van der Waals surface area contributed by atoms with E-state index in [1.807, 2.05) is 6.92 Å². The zero-order valence-electron chi connectivity index (χ0n) is 18.0. The Balaban J connectivity index is 1.93. The summed E-state index contributed by atoms with van der Waals surface area (Å²) in [5.74, 6) is 10.0. The molecule has 4 rings (SSSR count). The summed E-state index contributed by atoms with van der Waals surface area (Å²) in [6.45, 7) is 1.12. The third-order valence-corrected chi connectivity index (χ3v) is 5.48. The number of alkyl halides is 2. The Bertz CT molecular complexity index is 1280. The summed E-state index contributed by atoms with van der Waals surface area (Å²) in [6, 6.07) is 3.76. The molecule has 4 N–H and O–H groups in total. The van der Waals surface area contributed by atoms with Gasteiger partial charge >= 0.3 is 0 Å². The molecule has 2 heterocycles. The molecule has 1 aliphatic carbocycles. The van der Waals surface area contributed by atoms with E-state index >= 15 is 0 Å². The molecule has 0 bridgehead atoms. The van der Waals surface area contributed by atoms with Gasteiger partial charge in [0.15, 0.2) is 11.6 Å². The fourth-order valence-electron chi connectivity index (χ4n) is 3.56. The molecule has 6 nitrogen and oxygen atoms in total. The van der Waals surface area contributed by atoms with Gasteiger partial charge in [-0.1, -0.05) is 11.8 Å². The Morgan fingerprint density at radius 1 is 1.18 bits per heavy atom. The number of hydrogen-bond acceptors (Lipinski definition) is 6. The number of nitrogens with two attached hydrogens (primary N) is 2. The first-order valence-electron chi connectivity index (χ1n) is 10.2. The smallest absolute Gasteiger partial charge is 0.256 e. The van der Waals surface area contributed by atoms with Crippen molar-refractivity contribution in [1.82, 2.24) is 9.97 Å². The lowest BCUT2D eigenvalue weighted by Crippen LogP contribution is -2.29. The van der Waals surface area contributed by atoms with Crippen molar-refractivity contribution in [2.45, 2.75) is 26.2 Å². The highest BCUT2D eigenvalue weighted by Crippen LogP contribution is 2.44. The van der Waals surface area contributed by atoms with E-state index in [-0.39, 0.29) is 39.2 Å². The second kappa shape index (κ2) is 8.41. The van der Waals surface area contributed by atoms with Crippen molar-refractivity contribution in [3.63, 3.8) is 0 Å². The summed E-state index contributed by atoms with van der Waals surface area (Å²) in [6.07, 6.45) is 1.31. The molecule has 1 aromatic carbocycles. The van der Waals surface area contributed by atoms with Crippen molar-refractivity contribution in [2.24, 2.45) is 11.3 Å². The highest BCUT2D eigenvalue weighted by Gasteiger charge is 2.35. The summed E-state index contributed by atoms with van der Waals surface area (Å²) in [5, 5.41) is 1.20. The SMILES string of the molecule is CN(N)c1c(N)nc(N(CC(F)F)c2cc(F)cc(C#CC3(C)CC3)c2)c2c(F)cncc12. The highest BCUT2D eigenvalue weighted by atomic mass is 19.3. The zero-order valence-corrected chi connectivity index (χ0v) is 18.0. The van der Waals surface area contributed by atoms with Crippen LogP contribution in [0.4, 0.5) is 40.6 Å². The molecule has 0 unspecified atom stereocenters. The molecule has 0 aliphatic heterocycles. The minimum absolute atomic E-state index is 0.0406. The Kier molecular flexibility index (Phi) is 5.76. The van der Waals surface area contributed by atoms with E-state index in [0.717, 1.165) is 35.0 Å². The van der Waals surface area contributed by atoms with E-state index < -0.39 is 24.6 Å². The minimum atomic E-state index is -2.84. The number of aromatic nitrogens is 2. The fourth-order valence-corrected chi connectivity index (χ4v) is 3.56. The number of anilines is 4. The van der Waals surface area contributed by atoms with Crippen LogP contribution in [-0.4, -0.2) is 30.0 Å². The van der Waals surface area contributed by atoms with E-state index in [0.29, 0.717) is 5.56 Å². The van der Waals surface area contributed by atoms with Gasteiger partial charge in [0.2, 0.25) is 0 Å². The monoisotopic (exact) mass is 458 g/mol. The summed E-state index contributed by atoms with van der Waals surface area (Å²) in [7, 11) is 1.48. The quantitative estimate of drug-likeness (QED) is 0.256. The zero-order chi connectivity index (χ0) is 23.9. The lowest BCUT2D eigenvalue weighted by molar-refractivity contribution is 0.158. The van der Waals surface area contributed by atoms with Gasteiger partial charge in [-0.25, -0.2) is 28.4 Å². The van der Waals surface area contributed by atoms with Crippen molar-refractivity contribution in [2.75, 3.05) is 29.2 Å². The number of fused-ring (bicyclic) bond motifs is 1. The fraction of sp³-hybridized carbons (Fsp3) is 0.304. The van der Waals surface area contributed by atoms with Crippen LogP contribution in [-0.2, 0) is 0 Å². The summed E-state index contributed by atoms with van der Waals surface area (Å²) < 4.78 is 56.7. The predicted octanol–water partition coefficient (Wildman–Crippen LogP) is 4.35. The first-order chi connectivity index (χ1) is 15.6. The molecule has 0 atom stereocenters.